The molecule has 0 saturated carbocycles. The summed E-state index contributed by atoms with van der Waals surface area (Å²) < 4.78 is 49.6. The molecule has 0 radical (unpaired) electrons. The van der Waals surface area contributed by atoms with E-state index in [1.807, 2.05) is 0 Å². The number of nitrogens with zero attached hydrogens (tertiary/aromatic N) is 1. The number of ether oxygens (including phenoxy) is 1. The molecule has 8 heteroatoms. The van der Waals surface area contributed by atoms with Gasteiger partial charge in [-0.05, 0) is 31.0 Å². The van der Waals surface area contributed by atoms with Crippen LogP contribution in [0, 0.1) is 5.92 Å². The molecule has 24 heavy (non-hydrogen) atoms. The largest absolute Gasteiger partial charge is 0.444 e. The van der Waals surface area contributed by atoms with Crippen molar-refractivity contribution in [2.75, 3.05) is 18.5 Å². The van der Waals surface area contributed by atoms with Crippen LogP contribution in [-0.2, 0) is 15.7 Å². The average Bonchev–Trinajstić information content (AvgIpc) is 3.09. The van der Waals surface area contributed by atoms with Crippen molar-refractivity contribution < 1.29 is 27.1 Å². The summed E-state index contributed by atoms with van der Waals surface area (Å²) in [6.45, 7) is 0.952. The van der Waals surface area contributed by atoms with E-state index in [-0.39, 0.29) is 28.8 Å². The Bertz CT molecular complexity index is 708. The Balaban J connectivity index is 1.88. The number of carbonyl (C=O) groups excluding carboxylic acids is 1. The maximum absolute atomic E-state index is 13.1. The zero-order valence-electron chi connectivity index (χ0n) is 12.6. The molecule has 5 nitrogen and oxygen atoms in total. The van der Waals surface area contributed by atoms with Gasteiger partial charge in [0.15, 0.2) is 12.2 Å². The van der Waals surface area contributed by atoms with Gasteiger partial charge in [-0.3, -0.25) is 4.79 Å². The number of aromatic nitrogens is 1. The molecular formula is C16H15F3N2O3. The first-order valence-corrected chi connectivity index (χ1v) is 7.43. The minimum atomic E-state index is -4.53. The Kier molecular flexibility index (Phi) is 4.57. The van der Waals surface area contributed by atoms with Crippen molar-refractivity contribution in [1.82, 2.24) is 4.98 Å². The fourth-order valence-electron chi connectivity index (χ4n) is 2.57. The van der Waals surface area contributed by atoms with Gasteiger partial charge in [0.05, 0.1) is 11.8 Å². The molecule has 1 saturated heterocycles. The molecule has 1 aromatic carbocycles. The third-order valence-corrected chi connectivity index (χ3v) is 3.84. The van der Waals surface area contributed by atoms with Gasteiger partial charge in [-0.2, -0.15) is 13.2 Å². The van der Waals surface area contributed by atoms with Crippen molar-refractivity contribution in [3.63, 3.8) is 0 Å². The molecule has 0 aliphatic carbocycles. The molecule has 2 aromatic rings. The summed E-state index contributed by atoms with van der Waals surface area (Å²) in [5, 5.41) is 2.57. The normalized spacial score (nSPS) is 16.1. The molecular weight excluding hydrogens is 325 g/mol. The summed E-state index contributed by atoms with van der Waals surface area (Å²) in [4.78, 5) is 15.9. The van der Waals surface area contributed by atoms with Gasteiger partial charge in [-0.1, -0.05) is 0 Å². The van der Waals surface area contributed by atoms with Crippen LogP contribution in [0.5, 0.6) is 0 Å². The van der Waals surface area contributed by atoms with Crippen molar-refractivity contribution in [1.29, 1.82) is 0 Å². The predicted octanol–water partition coefficient (Wildman–Crippen LogP) is 3.73. The van der Waals surface area contributed by atoms with Crippen molar-refractivity contribution in [2.24, 2.45) is 5.92 Å². The molecule has 0 spiro atoms. The first kappa shape index (κ1) is 16.5. The number of amides is 1. The van der Waals surface area contributed by atoms with Crippen LogP contribution < -0.4 is 5.32 Å². The lowest BCUT2D eigenvalue weighted by atomic mass is 9.99. The van der Waals surface area contributed by atoms with Crippen molar-refractivity contribution in [2.45, 2.75) is 19.0 Å². The molecule has 2 heterocycles. The van der Waals surface area contributed by atoms with Gasteiger partial charge >= 0.3 is 6.18 Å². The molecule has 1 aromatic heterocycles. The fourth-order valence-corrected chi connectivity index (χ4v) is 2.57. The lowest BCUT2D eigenvalue weighted by Crippen LogP contribution is -2.28. The first-order valence-electron chi connectivity index (χ1n) is 7.43. The second-order valence-corrected chi connectivity index (χ2v) is 5.54. The second kappa shape index (κ2) is 6.64. The van der Waals surface area contributed by atoms with E-state index in [2.05, 4.69) is 10.3 Å². The topological polar surface area (TPSA) is 64.4 Å². The van der Waals surface area contributed by atoms with Gasteiger partial charge in [0, 0.05) is 30.4 Å². The lowest BCUT2D eigenvalue weighted by molar-refractivity contribution is -0.137. The Morgan fingerprint density at radius 3 is 2.58 bits per heavy atom. The minimum Gasteiger partial charge on any atom is -0.444 e. The molecule has 0 atom stereocenters. The highest BCUT2D eigenvalue weighted by Crippen LogP contribution is 2.35. The molecule has 1 amide bonds. The van der Waals surface area contributed by atoms with E-state index in [0.29, 0.717) is 26.1 Å². The van der Waals surface area contributed by atoms with E-state index >= 15 is 0 Å². The van der Waals surface area contributed by atoms with E-state index in [9.17, 15) is 18.0 Å². The van der Waals surface area contributed by atoms with E-state index in [1.54, 1.807) is 0 Å². The van der Waals surface area contributed by atoms with Gasteiger partial charge in [0.2, 0.25) is 5.91 Å². The van der Waals surface area contributed by atoms with E-state index in [4.69, 9.17) is 9.15 Å². The maximum atomic E-state index is 13.1. The first-order chi connectivity index (χ1) is 11.4. The Morgan fingerprint density at radius 1 is 1.21 bits per heavy atom. The summed E-state index contributed by atoms with van der Waals surface area (Å²) in [5.74, 6) is -0.370. The number of hydrogen-bond acceptors (Lipinski definition) is 4. The van der Waals surface area contributed by atoms with Crippen molar-refractivity contribution in [3.05, 3.63) is 36.4 Å². The number of oxazole rings is 1. The summed E-state index contributed by atoms with van der Waals surface area (Å²) in [5.41, 5.74) is -0.587. The molecule has 1 N–H and O–H groups in total. The Morgan fingerprint density at radius 2 is 1.96 bits per heavy atom. The third-order valence-electron chi connectivity index (χ3n) is 3.84. The van der Waals surface area contributed by atoms with Crippen LogP contribution in [0.25, 0.3) is 11.3 Å². The average molecular weight is 340 g/mol. The van der Waals surface area contributed by atoms with Crippen LogP contribution >= 0.6 is 0 Å². The van der Waals surface area contributed by atoms with Crippen LogP contribution in [0.2, 0.25) is 0 Å². The highest BCUT2D eigenvalue weighted by Gasteiger charge is 2.32. The van der Waals surface area contributed by atoms with Gasteiger partial charge in [0.25, 0.3) is 0 Å². The second-order valence-electron chi connectivity index (χ2n) is 5.54. The van der Waals surface area contributed by atoms with Crippen molar-refractivity contribution in [3.8, 4) is 11.3 Å². The van der Waals surface area contributed by atoms with E-state index in [1.165, 1.54) is 12.3 Å². The van der Waals surface area contributed by atoms with E-state index in [0.717, 1.165) is 18.5 Å². The summed E-state index contributed by atoms with van der Waals surface area (Å²) in [7, 11) is 0. The molecule has 1 aliphatic rings. The maximum Gasteiger partial charge on any atom is 0.416 e. The van der Waals surface area contributed by atoms with Crippen molar-refractivity contribution >= 4 is 11.6 Å². The predicted molar refractivity (Wildman–Crippen MR) is 79.1 cm³/mol. The molecule has 128 valence electrons. The standard InChI is InChI=1S/C16H15F3N2O3/c17-16(18,19)12-5-11(14-8-20-9-24-14)6-13(7-12)21-15(22)10-1-3-23-4-2-10/h5-10H,1-4H2,(H,21,22). The molecule has 1 aliphatic heterocycles. The zero-order chi connectivity index (χ0) is 17.2. The number of benzene rings is 1. The number of halogens is 3. The highest BCUT2D eigenvalue weighted by atomic mass is 19.4. The number of hydrogen-bond donors (Lipinski definition) is 1. The number of anilines is 1. The van der Waals surface area contributed by atoms with Crippen LogP contribution in [0.15, 0.2) is 35.2 Å². The van der Waals surface area contributed by atoms with Gasteiger partial charge in [0.1, 0.15) is 0 Å². The van der Waals surface area contributed by atoms with E-state index < -0.39 is 11.7 Å². The number of carbonyl (C=O) groups is 1. The number of nitrogens with one attached hydrogen (secondary N) is 1. The molecule has 0 bridgehead atoms. The van der Waals surface area contributed by atoms with Gasteiger partial charge in [-0.15, -0.1) is 0 Å². The van der Waals surface area contributed by atoms with Gasteiger partial charge in [-0.25, -0.2) is 4.98 Å². The lowest BCUT2D eigenvalue weighted by Gasteiger charge is -2.21. The monoisotopic (exact) mass is 340 g/mol. The fraction of sp³-hybridized carbons (Fsp3) is 0.375. The minimum absolute atomic E-state index is 0.0766. The summed E-state index contributed by atoms with van der Waals surface area (Å²) in [6, 6.07) is 3.31. The van der Waals surface area contributed by atoms with Crippen LogP contribution in [-0.4, -0.2) is 24.1 Å². The quantitative estimate of drug-likeness (QED) is 0.925. The van der Waals surface area contributed by atoms with Crippen LogP contribution in [0.4, 0.5) is 18.9 Å². The zero-order valence-corrected chi connectivity index (χ0v) is 12.6. The molecule has 0 unspecified atom stereocenters. The Labute approximate surface area is 135 Å². The molecule has 3 rings (SSSR count). The number of rotatable bonds is 3. The van der Waals surface area contributed by atoms with Gasteiger partial charge < -0.3 is 14.5 Å². The third kappa shape index (κ3) is 3.76. The summed E-state index contributed by atoms with van der Waals surface area (Å²) >= 11 is 0. The van der Waals surface area contributed by atoms with Crippen LogP contribution in [0.1, 0.15) is 18.4 Å². The van der Waals surface area contributed by atoms with Crippen LogP contribution in [0.3, 0.4) is 0 Å². The summed E-state index contributed by atoms with van der Waals surface area (Å²) in [6.07, 6.45) is -0.969. The SMILES string of the molecule is O=C(Nc1cc(-c2cnco2)cc(C(F)(F)F)c1)C1CCOCC1. The highest BCUT2D eigenvalue weighted by molar-refractivity contribution is 5.93. The number of alkyl halides is 3. The molecule has 1 fully saturated rings. The Hall–Kier alpha value is -2.35. The smallest absolute Gasteiger partial charge is 0.416 e.